The van der Waals surface area contributed by atoms with Crippen LogP contribution in [0.5, 0.6) is 0 Å². The Balaban J connectivity index is 1.54. The lowest BCUT2D eigenvalue weighted by molar-refractivity contribution is -0.147. The molecule has 0 heterocycles. The Morgan fingerprint density at radius 2 is 1.34 bits per heavy atom. The number of carboxylic acid groups (broad SMARTS) is 1. The topological polar surface area (TPSA) is 105 Å². The number of aliphatic carboxylic acids is 1. The van der Waals surface area contributed by atoms with E-state index in [4.69, 9.17) is 4.74 Å². The number of carbonyl (C=O) groups is 3. The highest BCUT2D eigenvalue weighted by Crippen LogP contribution is 2.44. The van der Waals surface area contributed by atoms with Gasteiger partial charge in [-0.1, -0.05) is 48.5 Å². The van der Waals surface area contributed by atoms with Crippen LogP contribution in [-0.2, 0) is 14.3 Å². The number of alkyl carbamates (subject to hydrolysis) is 1. The van der Waals surface area contributed by atoms with Crippen LogP contribution in [0.1, 0.15) is 44.7 Å². The second-order valence-corrected chi connectivity index (χ2v) is 9.43. The van der Waals surface area contributed by atoms with E-state index in [2.05, 4.69) is 22.8 Å². The standard InChI is InChI=1S/C25H30N2O5/c1-24(2,21(28)26-15-25(3,4)22(29)30)14-27-23(31)32-13-20-18-11-7-5-9-16(18)17-10-6-8-12-19(17)20/h5-12,20H,13-15H2,1-4H3,(H,26,28)(H,27,31)(H,29,30). The summed E-state index contributed by atoms with van der Waals surface area (Å²) in [5, 5.41) is 14.5. The van der Waals surface area contributed by atoms with Crippen LogP contribution in [0.15, 0.2) is 48.5 Å². The number of carbonyl (C=O) groups excluding carboxylic acids is 2. The van der Waals surface area contributed by atoms with Crippen LogP contribution >= 0.6 is 0 Å². The Bertz CT molecular complexity index is 983. The molecular weight excluding hydrogens is 408 g/mol. The number of ether oxygens (including phenoxy) is 1. The molecule has 2 amide bonds. The fourth-order valence-electron chi connectivity index (χ4n) is 3.64. The third-order valence-electron chi connectivity index (χ3n) is 5.90. The van der Waals surface area contributed by atoms with E-state index in [0.717, 1.165) is 22.3 Å². The van der Waals surface area contributed by atoms with Crippen LogP contribution in [0.2, 0.25) is 0 Å². The van der Waals surface area contributed by atoms with E-state index in [1.165, 1.54) is 13.8 Å². The van der Waals surface area contributed by atoms with Crippen LogP contribution < -0.4 is 10.6 Å². The number of rotatable bonds is 8. The summed E-state index contributed by atoms with van der Waals surface area (Å²) in [6.45, 7) is 6.69. The fraction of sp³-hybridized carbons (Fsp3) is 0.400. The van der Waals surface area contributed by atoms with Crippen LogP contribution in [0.3, 0.4) is 0 Å². The maximum Gasteiger partial charge on any atom is 0.407 e. The van der Waals surface area contributed by atoms with Gasteiger partial charge in [0.1, 0.15) is 6.61 Å². The lowest BCUT2D eigenvalue weighted by atomic mass is 9.90. The predicted molar refractivity (Wildman–Crippen MR) is 121 cm³/mol. The maximum atomic E-state index is 12.5. The third-order valence-corrected chi connectivity index (χ3v) is 5.90. The molecule has 7 nitrogen and oxygen atoms in total. The minimum absolute atomic E-state index is 0.00442. The number of carboxylic acids is 1. The van der Waals surface area contributed by atoms with Crippen molar-refractivity contribution < 1.29 is 24.2 Å². The van der Waals surface area contributed by atoms with Crippen LogP contribution in [0.25, 0.3) is 11.1 Å². The molecule has 0 aliphatic heterocycles. The van der Waals surface area contributed by atoms with Gasteiger partial charge in [-0.25, -0.2) is 4.79 Å². The molecule has 0 spiro atoms. The quantitative estimate of drug-likeness (QED) is 0.582. The van der Waals surface area contributed by atoms with E-state index in [1.807, 2.05) is 36.4 Å². The lowest BCUT2D eigenvalue weighted by Gasteiger charge is -2.27. The number of hydrogen-bond acceptors (Lipinski definition) is 4. The molecule has 0 saturated heterocycles. The van der Waals surface area contributed by atoms with Crippen molar-refractivity contribution in [3.05, 3.63) is 59.7 Å². The molecule has 1 aliphatic rings. The van der Waals surface area contributed by atoms with Gasteiger partial charge in [-0.2, -0.15) is 0 Å². The molecule has 32 heavy (non-hydrogen) atoms. The minimum Gasteiger partial charge on any atom is -0.481 e. The van der Waals surface area contributed by atoms with Gasteiger partial charge >= 0.3 is 12.1 Å². The molecule has 0 atom stereocenters. The molecule has 3 N–H and O–H groups in total. The minimum atomic E-state index is -1.08. The molecule has 3 rings (SSSR count). The molecule has 2 aromatic carbocycles. The van der Waals surface area contributed by atoms with E-state index in [0.29, 0.717) is 0 Å². The zero-order chi connectivity index (χ0) is 23.5. The number of amides is 2. The van der Waals surface area contributed by atoms with Gasteiger partial charge in [-0.15, -0.1) is 0 Å². The van der Waals surface area contributed by atoms with Crippen LogP contribution in [-0.4, -0.2) is 42.8 Å². The third kappa shape index (κ3) is 4.93. The Hall–Kier alpha value is -3.35. The first-order valence-corrected chi connectivity index (χ1v) is 10.6. The van der Waals surface area contributed by atoms with Crippen molar-refractivity contribution in [3.8, 4) is 11.1 Å². The van der Waals surface area contributed by atoms with Gasteiger partial charge in [0.15, 0.2) is 0 Å². The molecule has 0 radical (unpaired) electrons. The number of benzene rings is 2. The molecule has 7 heteroatoms. The molecule has 0 fully saturated rings. The summed E-state index contributed by atoms with van der Waals surface area (Å²) in [6.07, 6.45) is -0.599. The van der Waals surface area contributed by atoms with Crippen molar-refractivity contribution in [3.63, 3.8) is 0 Å². The second kappa shape index (κ2) is 9.02. The van der Waals surface area contributed by atoms with Gasteiger partial charge in [0.25, 0.3) is 0 Å². The summed E-state index contributed by atoms with van der Waals surface area (Å²) in [7, 11) is 0. The number of fused-ring (bicyclic) bond motifs is 3. The Kier molecular flexibility index (Phi) is 6.57. The van der Waals surface area contributed by atoms with E-state index in [1.54, 1.807) is 13.8 Å². The molecule has 0 bridgehead atoms. The van der Waals surface area contributed by atoms with Gasteiger partial charge in [0.2, 0.25) is 5.91 Å². The summed E-state index contributed by atoms with van der Waals surface area (Å²) < 4.78 is 5.50. The largest absolute Gasteiger partial charge is 0.481 e. The van der Waals surface area contributed by atoms with Crippen molar-refractivity contribution in [1.82, 2.24) is 10.6 Å². The summed E-state index contributed by atoms with van der Waals surface area (Å²) >= 11 is 0. The molecule has 170 valence electrons. The summed E-state index contributed by atoms with van der Waals surface area (Å²) in [4.78, 5) is 36.1. The molecule has 0 aromatic heterocycles. The average molecular weight is 439 g/mol. The van der Waals surface area contributed by atoms with Gasteiger partial charge in [0, 0.05) is 19.0 Å². The van der Waals surface area contributed by atoms with E-state index < -0.39 is 22.9 Å². The Morgan fingerprint density at radius 3 is 1.88 bits per heavy atom. The summed E-state index contributed by atoms with van der Waals surface area (Å²) in [5.41, 5.74) is 2.55. The van der Waals surface area contributed by atoms with Crippen molar-refractivity contribution in [2.75, 3.05) is 19.7 Å². The SMILES string of the molecule is CC(C)(CNC(=O)C(C)(C)CNC(=O)OCC1c2ccccc2-c2ccccc21)C(=O)O. The zero-order valence-electron chi connectivity index (χ0n) is 18.9. The first-order valence-electron chi connectivity index (χ1n) is 10.6. The van der Waals surface area contributed by atoms with Crippen molar-refractivity contribution in [1.29, 1.82) is 0 Å². The lowest BCUT2D eigenvalue weighted by Crippen LogP contribution is -2.48. The normalized spacial score (nSPS) is 13.1. The molecular formula is C25H30N2O5. The Morgan fingerprint density at radius 1 is 0.844 bits per heavy atom. The van der Waals surface area contributed by atoms with E-state index in [-0.39, 0.29) is 31.5 Å². The van der Waals surface area contributed by atoms with Gasteiger partial charge in [0.05, 0.1) is 10.8 Å². The molecule has 0 saturated carbocycles. The first kappa shape index (κ1) is 23.3. The zero-order valence-corrected chi connectivity index (χ0v) is 18.9. The molecule has 0 unspecified atom stereocenters. The monoisotopic (exact) mass is 438 g/mol. The van der Waals surface area contributed by atoms with Crippen molar-refractivity contribution >= 4 is 18.0 Å². The summed E-state index contributed by atoms with van der Waals surface area (Å²) in [6, 6.07) is 16.2. The van der Waals surface area contributed by atoms with Crippen LogP contribution in [0.4, 0.5) is 4.79 Å². The van der Waals surface area contributed by atoms with E-state index >= 15 is 0 Å². The highest BCUT2D eigenvalue weighted by Gasteiger charge is 2.33. The average Bonchev–Trinajstić information content (AvgIpc) is 3.08. The molecule has 2 aromatic rings. The molecule has 1 aliphatic carbocycles. The van der Waals surface area contributed by atoms with Crippen molar-refractivity contribution in [2.24, 2.45) is 10.8 Å². The van der Waals surface area contributed by atoms with Crippen LogP contribution in [0, 0.1) is 10.8 Å². The van der Waals surface area contributed by atoms with Gasteiger partial charge in [-0.05, 0) is 49.9 Å². The highest BCUT2D eigenvalue weighted by molar-refractivity contribution is 5.84. The fourth-order valence-corrected chi connectivity index (χ4v) is 3.64. The van der Waals surface area contributed by atoms with Crippen molar-refractivity contribution in [2.45, 2.75) is 33.6 Å². The highest BCUT2D eigenvalue weighted by atomic mass is 16.5. The number of nitrogens with one attached hydrogen (secondary N) is 2. The maximum absolute atomic E-state index is 12.5. The summed E-state index contributed by atoms with van der Waals surface area (Å²) in [5.74, 6) is -1.37. The first-order chi connectivity index (χ1) is 15.0. The Labute approximate surface area is 188 Å². The van der Waals surface area contributed by atoms with Gasteiger partial charge < -0.3 is 20.5 Å². The predicted octanol–water partition coefficient (Wildman–Crippen LogP) is 3.78. The smallest absolute Gasteiger partial charge is 0.407 e. The number of hydrogen-bond donors (Lipinski definition) is 3. The van der Waals surface area contributed by atoms with E-state index in [9.17, 15) is 19.5 Å². The van der Waals surface area contributed by atoms with Gasteiger partial charge in [-0.3, -0.25) is 9.59 Å². The second-order valence-electron chi connectivity index (χ2n) is 9.43.